The summed E-state index contributed by atoms with van der Waals surface area (Å²) >= 11 is 0. The summed E-state index contributed by atoms with van der Waals surface area (Å²) in [6.07, 6.45) is 2.27. The molecule has 0 spiro atoms. The van der Waals surface area contributed by atoms with Crippen molar-refractivity contribution in [2.75, 3.05) is 37.8 Å². The highest BCUT2D eigenvalue weighted by molar-refractivity contribution is 5.68. The van der Waals surface area contributed by atoms with E-state index in [1.165, 1.54) is 5.56 Å². The number of rotatable bonds is 11. The minimum atomic E-state index is -0.554. The summed E-state index contributed by atoms with van der Waals surface area (Å²) in [5.41, 5.74) is 3.11. The lowest BCUT2D eigenvalue weighted by molar-refractivity contribution is -0.132. The molecule has 0 aliphatic carbocycles. The van der Waals surface area contributed by atoms with Crippen molar-refractivity contribution in [3.63, 3.8) is 0 Å². The molecule has 0 saturated heterocycles. The van der Waals surface area contributed by atoms with Gasteiger partial charge in [-0.25, -0.2) is 9.78 Å². The number of amides is 1. The number of nitrogens with one attached hydrogen (secondary N) is 1. The van der Waals surface area contributed by atoms with Gasteiger partial charge in [-0.1, -0.05) is 24.0 Å². The molecule has 0 saturated carbocycles. The third-order valence-corrected chi connectivity index (χ3v) is 5.53. The number of nitriles is 1. The zero-order chi connectivity index (χ0) is 27.4. The standard InChI is InChI=1S/C29H36N4O5/c1-5-35-27(37-16-7-6-14-31-28(34)38-29(2,3)4)12-15-33(25-10-9-24(19-30)32-20-25)21-22-8-11-26-23(18-22)13-17-36-26/h8-11,18,20,27H,5,12-17,21H2,1-4H3,(H,31,34)/t27-/m1/s1. The number of pyridine rings is 1. The number of alkyl carbamates (subject to hydrolysis) is 1. The van der Waals surface area contributed by atoms with Crippen LogP contribution in [-0.2, 0) is 27.2 Å². The van der Waals surface area contributed by atoms with Gasteiger partial charge >= 0.3 is 6.09 Å². The fraction of sp³-hybridized carbons (Fsp3) is 0.483. The lowest BCUT2D eigenvalue weighted by Gasteiger charge is -2.27. The summed E-state index contributed by atoms with van der Waals surface area (Å²) in [4.78, 5) is 18.1. The molecule has 1 aromatic heterocycles. The largest absolute Gasteiger partial charge is 0.493 e. The van der Waals surface area contributed by atoms with Crippen molar-refractivity contribution >= 4 is 11.8 Å². The SMILES string of the molecule is CCO[C@@H](CCN(Cc1ccc2c(c1)CCO2)c1ccc(C#N)nc1)OCC#CCNC(=O)OC(C)(C)C. The Bertz CT molecular complexity index is 1160. The van der Waals surface area contributed by atoms with Gasteiger partial charge in [-0.2, -0.15) is 5.26 Å². The first-order valence-electron chi connectivity index (χ1n) is 12.8. The summed E-state index contributed by atoms with van der Waals surface area (Å²) in [6.45, 7) is 10.2. The molecule has 1 aromatic carbocycles. The number of fused-ring (bicyclic) bond motifs is 1. The van der Waals surface area contributed by atoms with Crippen LogP contribution in [0.5, 0.6) is 5.75 Å². The number of carbonyl (C=O) groups excluding carboxylic acids is 1. The monoisotopic (exact) mass is 520 g/mol. The number of anilines is 1. The van der Waals surface area contributed by atoms with Gasteiger partial charge in [0.2, 0.25) is 0 Å². The van der Waals surface area contributed by atoms with E-state index in [-0.39, 0.29) is 13.2 Å². The molecule has 2 heterocycles. The van der Waals surface area contributed by atoms with Crippen LogP contribution in [0, 0.1) is 23.2 Å². The second kappa shape index (κ2) is 14.2. The second-order valence-corrected chi connectivity index (χ2v) is 9.67. The van der Waals surface area contributed by atoms with E-state index >= 15 is 0 Å². The van der Waals surface area contributed by atoms with E-state index < -0.39 is 18.0 Å². The normalized spacial score (nSPS) is 12.8. The molecule has 3 rings (SSSR count). The zero-order valence-corrected chi connectivity index (χ0v) is 22.6. The maximum absolute atomic E-state index is 11.7. The van der Waals surface area contributed by atoms with Crippen LogP contribution in [0.4, 0.5) is 10.5 Å². The average molecular weight is 521 g/mol. The molecule has 0 radical (unpaired) electrons. The summed E-state index contributed by atoms with van der Waals surface area (Å²) in [5.74, 6) is 6.71. The molecule has 0 unspecified atom stereocenters. The molecule has 0 fully saturated rings. The molecule has 202 valence electrons. The van der Waals surface area contributed by atoms with Crippen LogP contribution in [0.3, 0.4) is 0 Å². The van der Waals surface area contributed by atoms with Crippen LogP contribution in [0.1, 0.15) is 50.9 Å². The molecule has 1 aliphatic heterocycles. The van der Waals surface area contributed by atoms with Crippen LogP contribution in [0.2, 0.25) is 0 Å². The first kappa shape index (κ1) is 28.8. The minimum absolute atomic E-state index is 0.170. The number of carbonyl (C=O) groups is 1. The molecule has 38 heavy (non-hydrogen) atoms. The summed E-state index contributed by atoms with van der Waals surface area (Å²) < 4.78 is 22.5. The van der Waals surface area contributed by atoms with Gasteiger partial charge in [0.15, 0.2) is 6.29 Å². The topological polar surface area (TPSA) is 106 Å². The van der Waals surface area contributed by atoms with Crippen molar-refractivity contribution in [1.82, 2.24) is 10.3 Å². The number of ether oxygens (including phenoxy) is 4. The van der Waals surface area contributed by atoms with E-state index in [4.69, 9.17) is 24.2 Å². The molecule has 1 atom stereocenters. The maximum Gasteiger partial charge on any atom is 0.408 e. The number of aromatic nitrogens is 1. The highest BCUT2D eigenvalue weighted by Crippen LogP contribution is 2.27. The zero-order valence-electron chi connectivity index (χ0n) is 22.6. The molecule has 9 nitrogen and oxygen atoms in total. The van der Waals surface area contributed by atoms with Crippen LogP contribution < -0.4 is 15.0 Å². The van der Waals surface area contributed by atoms with E-state index in [9.17, 15) is 4.79 Å². The van der Waals surface area contributed by atoms with Crippen molar-refractivity contribution < 1.29 is 23.7 Å². The Labute approximate surface area is 225 Å². The van der Waals surface area contributed by atoms with E-state index in [1.54, 1.807) is 33.0 Å². The van der Waals surface area contributed by atoms with Gasteiger partial charge in [-0.05, 0) is 57.0 Å². The summed E-state index contributed by atoms with van der Waals surface area (Å²) in [6, 6.07) is 12.0. The Morgan fingerprint density at radius 2 is 2.08 bits per heavy atom. The number of benzene rings is 1. The lowest BCUT2D eigenvalue weighted by Crippen LogP contribution is -2.32. The van der Waals surface area contributed by atoms with Gasteiger partial charge < -0.3 is 29.2 Å². The lowest BCUT2D eigenvalue weighted by atomic mass is 10.1. The van der Waals surface area contributed by atoms with Gasteiger partial charge in [0.25, 0.3) is 0 Å². The fourth-order valence-electron chi connectivity index (χ4n) is 3.84. The molecule has 1 aliphatic rings. The van der Waals surface area contributed by atoms with Gasteiger partial charge in [0, 0.05) is 32.5 Å². The van der Waals surface area contributed by atoms with E-state index in [1.807, 2.05) is 19.1 Å². The average Bonchev–Trinajstić information content (AvgIpc) is 3.35. The van der Waals surface area contributed by atoms with E-state index in [0.29, 0.717) is 31.8 Å². The highest BCUT2D eigenvalue weighted by atomic mass is 16.7. The smallest absolute Gasteiger partial charge is 0.408 e. The van der Waals surface area contributed by atoms with E-state index in [2.05, 4.69) is 45.2 Å². The molecule has 1 amide bonds. The van der Waals surface area contributed by atoms with Gasteiger partial charge in [0.1, 0.15) is 29.7 Å². The van der Waals surface area contributed by atoms with Crippen LogP contribution in [-0.4, -0.2) is 55.9 Å². The Morgan fingerprint density at radius 3 is 2.79 bits per heavy atom. The molecule has 9 heteroatoms. The third kappa shape index (κ3) is 9.59. The van der Waals surface area contributed by atoms with Crippen molar-refractivity contribution in [1.29, 1.82) is 5.26 Å². The van der Waals surface area contributed by atoms with Crippen LogP contribution in [0.15, 0.2) is 36.5 Å². The molecular formula is C29H36N4O5. The number of hydrogen-bond donors (Lipinski definition) is 1. The highest BCUT2D eigenvalue weighted by Gasteiger charge is 2.17. The summed E-state index contributed by atoms with van der Waals surface area (Å²) in [5, 5.41) is 11.7. The Balaban J connectivity index is 1.57. The van der Waals surface area contributed by atoms with Gasteiger partial charge in [-0.3, -0.25) is 0 Å². The Morgan fingerprint density at radius 1 is 1.24 bits per heavy atom. The number of nitrogens with zero attached hydrogens (tertiary/aromatic N) is 3. The minimum Gasteiger partial charge on any atom is -0.493 e. The predicted molar refractivity (Wildman–Crippen MR) is 144 cm³/mol. The predicted octanol–water partition coefficient (Wildman–Crippen LogP) is 4.19. The Kier molecular flexibility index (Phi) is 10.8. The quantitative estimate of drug-likeness (QED) is 0.347. The first-order chi connectivity index (χ1) is 18.3. The van der Waals surface area contributed by atoms with Crippen LogP contribution >= 0.6 is 0 Å². The molecule has 1 N–H and O–H groups in total. The molecule has 0 bridgehead atoms. The van der Waals surface area contributed by atoms with Crippen molar-refractivity contribution in [2.24, 2.45) is 0 Å². The fourth-order valence-corrected chi connectivity index (χ4v) is 3.84. The van der Waals surface area contributed by atoms with Gasteiger partial charge in [0.05, 0.1) is 25.0 Å². The molecule has 2 aromatic rings. The Hall–Kier alpha value is -3.79. The summed E-state index contributed by atoms with van der Waals surface area (Å²) in [7, 11) is 0. The first-order valence-corrected chi connectivity index (χ1v) is 12.8. The molecular weight excluding hydrogens is 484 g/mol. The number of hydrogen-bond acceptors (Lipinski definition) is 8. The van der Waals surface area contributed by atoms with Crippen molar-refractivity contribution in [3.05, 3.63) is 53.3 Å². The van der Waals surface area contributed by atoms with Gasteiger partial charge in [-0.15, -0.1) is 0 Å². The van der Waals surface area contributed by atoms with Crippen LogP contribution in [0.25, 0.3) is 0 Å². The van der Waals surface area contributed by atoms with Crippen molar-refractivity contribution in [2.45, 2.75) is 59.0 Å². The maximum atomic E-state index is 11.7. The van der Waals surface area contributed by atoms with E-state index in [0.717, 1.165) is 30.0 Å². The third-order valence-electron chi connectivity index (χ3n) is 5.53. The van der Waals surface area contributed by atoms with Crippen molar-refractivity contribution in [3.8, 4) is 23.7 Å². The second-order valence-electron chi connectivity index (χ2n) is 9.67.